The van der Waals surface area contributed by atoms with Crippen LogP contribution in [-0.2, 0) is 6.61 Å². The molecule has 0 radical (unpaired) electrons. The third kappa shape index (κ3) is 4.09. The number of halogens is 2. The minimum Gasteiger partial charge on any atom is -0.489 e. The molecular formula is C24H16F2O3. The second-order valence-corrected chi connectivity index (χ2v) is 6.38. The van der Waals surface area contributed by atoms with Gasteiger partial charge < -0.3 is 9.47 Å². The van der Waals surface area contributed by atoms with Crippen molar-refractivity contribution in [3.63, 3.8) is 0 Å². The van der Waals surface area contributed by atoms with Gasteiger partial charge in [0.05, 0.1) is 11.1 Å². The standard InChI is InChI=1S/C24H16F2O3/c25-20-9-5-10-21(26)19(20)15-28-17-12-13-18-23(14-17)29-22(24(18)27)11-4-8-16-6-2-1-3-7-16/h1-14H,15H2/b8-4+,22-11-. The van der Waals surface area contributed by atoms with Crippen LogP contribution >= 0.6 is 0 Å². The van der Waals surface area contributed by atoms with Crippen LogP contribution in [0.1, 0.15) is 21.5 Å². The second-order valence-electron chi connectivity index (χ2n) is 6.38. The van der Waals surface area contributed by atoms with E-state index in [1.165, 1.54) is 24.3 Å². The zero-order valence-corrected chi connectivity index (χ0v) is 15.3. The van der Waals surface area contributed by atoms with Crippen molar-refractivity contribution >= 4 is 11.9 Å². The zero-order chi connectivity index (χ0) is 20.2. The molecule has 1 aliphatic rings. The Bertz CT molecular complexity index is 1100. The molecule has 1 aliphatic heterocycles. The number of ketones is 1. The lowest BCUT2D eigenvalue weighted by Gasteiger charge is -2.09. The molecule has 3 aromatic carbocycles. The molecule has 0 atom stereocenters. The average Bonchev–Trinajstić information content (AvgIpc) is 3.03. The second kappa shape index (κ2) is 8.10. The lowest BCUT2D eigenvalue weighted by atomic mass is 10.1. The number of carbonyl (C=O) groups excluding carboxylic acids is 1. The van der Waals surface area contributed by atoms with Crippen molar-refractivity contribution in [1.82, 2.24) is 0 Å². The highest BCUT2D eigenvalue weighted by molar-refractivity contribution is 6.12. The first-order valence-corrected chi connectivity index (χ1v) is 8.97. The van der Waals surface area contributed by atoms with Gasteiger partial charge in [-0.05, 0) is 35.9 Å². The number of Topliss-reactive ketones (excluding diaryl/α,β-unsaturated/α-hetero) is 1. The van der Waals surface area contributed by atoms with Crippen molar-refractivity contribution < 1.29 is 23.0 Å². The van der Waals surface area contributed by atoms with E-state index in [0.29, 0.717) is 17.1 Å². The monoisotopic (exact) mass is 390 g/mol. The molecule has 3 aromatic rings. The van der Waals surface area contributed by atoms with Crippen molar-refractivity contribution in [2.75, 3.05) is 0 Å². The minimum absolute atomic E-state index is 0.156. The summed E-state index contributed by atoms with van der Waals surface area (Å²) in [4.78, 5) is 12.5. The fourth-order valence-corrected chi connectivity index (χ4v) is 2.91. The Balaban J connectivity index is 1.47. The van der Waals surface area contributed by atoms with Crippen LogP contribution in [0.25, 0.3) is 6.08 Å². The Labute approximate surface area is 166 Å². The largest absolute Gasteiger partial charge is 0.489 e. The van der Waals surface area contributed by atoms with E-state index in [-0.39, 0.29) is 23.7 Å². The molecule has 0 saturated heterocycles. The van der Waals surface area contributed by atoms with Gasteiger partial charge in [0.2, 0.25) is 5.78 Å². The van der Waals surface area contributed by atoms with E-state index in [1.54, 1.807) is 24.3 Å². The number of hydrogen-bond acceptors (Lipinski definition) is 3. The first kappa shape index (κ1) is 18.6. The highest BCUT2D eigenvalue weighted by Gasteiger charge is 2.27. The van der Waals surface area contributed by atoms with Crippen LogP contribution < -0.4 is 9.47 Å². The Morgan fingerprint density at radius 3 is 2.45 bits per heavy atom. The van der Waals surface area contributed by atoms with Crippen LogP contribution in [0.15, 0.2) is 84.6 Å². The van der Waals surface area contributed by atoms with E-state index in [0.717, 1.165) is 5.56 Å². The predicted molar refractivity (Wildman–Crippen MR) is 106 cm³/mol. The minimum atomic E-state index is -0.673. The lowest BCUT2D eigenvalue weighted by Crippen LogP contribution is -2.01. The molecule has 3 nitrogen and oxygen atoms in total. The highest BCUT2D eigenvalue weighted by Crippen LogP contribution is 2.34. The number of ether oxygens (including phenoxy) is 2. The van der Waals surface area contributed by atoms with Crippen LogP contribution in [0, 0.1) is 11.6 Å². The molecule has 0 aliphatic carbocycles. The topological polar surface area (TPSA) is 35.5 Å². The Hall–Kier alpha value is -3.73. The molecule has 0 spiro atoms. The van der Waals surface area contributed by atoms with Gasteiger partial charge in [0.25, 0.3) is 0 Å². The summed E-state index contributed by atoms with van der Waals surface area (Å²) >= 11 is 0. The molecule has 0 N–H and O–H groups in total. The maximum atomic E-state index is 13.7. The summed E-state index contributed by atoms with van der Waals surface area (Å²) in [6.45, 7) is -0.270. The summed E-state index contributed by atoms with van der Waals surface area (Å²) in [5.74, 6) is -0.684. The summed E-state index contributed by atoms with van der Waals surface area (Å²) in [6, 6.07) is 18.0. The molecule has 0 aromatic heterocycles. The third-order valence-corrected chi connectivity index (χ3v) is 4.42. The van der Waals surface area contributed by atoms with Gasteiger partial charge in [0.1, 0.15) is 29.7 Å². The smallest absolute Gasteiger partial charge is 0.231 e. The van der Waals surface area contributed by atoms with Gasteiger partial charge in [-0.2, -0.15) is 0 Å². The fourth-order valence-electron chi connectivity index (χ4n) is 2.91. The molecule has 5 heteroatoms. The zero-order valence-electron chi connectivity index (χ0n) is 15.3. The number of hydrogen-bond donors (Lipinski definition) is 0. The van der Waals surface area contributed by atoms with Gasteiger partial charge >= 0.3 is 0 Å². The van der Waals surface area contributed by atoms with Crippen molar-refractivity contribution in [1.29, 1.82) is 0 Å². The van der Waals surface area contributed by atoms with Crippen molar-refractivity contribution in [2.24, 2.45) is 0 Å². The first-order chi connectivity index (χ1) is 14.1. The maximum Gasteiger partial charge on any atom is 0.231 e. The molecule has 1 heterocycles. The number of rotatable bonds is 5. The summed E-state index contributed by atoms with van der Waals surface area (Å²) in [5, 5.41) is 0. The molecule has 144 valence electrons. The van der Waals surface area contributed by atoms with E-state index in [9.17, 15) is 13.6 Å². The van der Waals surface area contributed by atoms with E-state index >= 15 is 0 Å². The Morgan fingerprint density at radius 1 is 0.931 bits per heavy atom. The van der Waals surface area contributed by atoms with Crippen LogP contribution in [0.5, 0.6) is 11.5 Å². The molecule has 4 rings (SSSR count). The molecule has 29 heavy (non-hydrogen) atoms. The van der Waals surface area contributed by atoms with Crippen molar-refractivity contribution in [3.8, 4) is 11.5 Å². The molecule has 0 fully saturated rings. The van der Waals surface area contributed by atoms with Crippen LogP contribution in [-0.4, -0.2) is 5.78 Å². The maximum absolute atomic E-state index is 13.7. The number of fused-ring (bicyclic) bond motifs is 1. The van der Waals surface area contributed by atoms with Crippen LogP contribution in [0.3, 0.4) is 0 Å². The summed E-state index contributed by atoms with van der Waals surface area (Å²) in [5.41, 5.74) is 1.26. The van der Waals surface area contributed by atoms with Crippen LogP contribution in [0.4, 0.5) is 8.78 Å². The molecular weight excluding hydrogens is 374 g/mol. The normalized spacial score (nSPS) is 14.3. The number of allylic oxidation sites excluding steroid dienone is 3. The molecule has 0 bridgehead atoms. The van der Waals surface area contributed by atoms with Crippen molar-refractivity contribution in [3.05, 3.63) is 113 Å². The van der Waals surface area contributed by atoms with Gasteiger partial charge in [0, 0.05) is 6.07 Å². The van der Waals surface area contributed by atoms with Gasteiger partial charge in [-0.1, -0.05) is 48.6 Å². The van der Waals surface area contributed by atoms with Gasteiger partial charge in [0.15, 0.2) is 5.76 Å². The lowest BCUT2D eigenvalue weighted by molar-refractivity contribution is 0.101. The van der Waals surface area contributed by atoms with E-state index in [2.05, 4.69) is 0 Å². The van der Waals surface area contributed by atoms with E-state index < -0.39 is 11.6 Å². The number of benzene rings is 3. The third-order valence-electron chi connectivity index (χ3n) is 4.42. The molecule has 0 unspecified atom stereocenters. The van der Waals surface area contributed by atoms with Gasteiger partial charge in [-0.15, -0.1) is 0 Å². The van der Waals surface area contributed by atoms with E-state index in [1.807, 2.05) is 36.4 Å². The summed E-state index contributed by atoms with van der Waals surface area (Å²) in [6.07, 6.45) is 5.21. The summed E-state index contributed by atoms with van der Waals surface area (Å²) in [7, 11) is 0. The first-order valence-electron chi connectivity index (χ1n) is 8.97. The highest BCUT2D eigenvalue weighted by atomic mass is 19.1. The Kier molecular flexibility index (Phi) is 5.20. The SMILES string of the molecule is O=C1/C(=C/C=C/c2ccccc2)Oc2cc(OCc3c(F)cccc3F)ccc21. The van der Waals surface area contributed by atoms with Gasteiger partial charge in [-0.3, -0.25) is 4.79 Å². The average molecular weight is 390 g/mol. The van der Waals surface area contributed by atoms with Crippen molar-refractivity contribution in [2.45, 2.75) is 6.61 Å². The van der Waals surface area contributed by atoms with E-state index in [4.69, 9.17) is 9.47 Å². The predicted octanol–water partition coefficient (Wildman–Crippen LogP) is 5.72. The number of carbonyl (C=O) groups is 1. The summed E-state index contributed by atoms with van der Waals surface area (Å²) < 4.78 is 38.5. The quantitative estimate of drug-likeness (QED) is 0.523. The van der Waals surface area contributed by atoms with Gasteiger partial charge in [-0.25, -0.2) is 8.78 Å². The fraction of sp³-hybridized carbons (Fsp3) is 0.0417. The van der Waals surface area contributed by atoms with Crippen LogP contribution in [0.2, 0.25) is 0 Å². The molecule has 0 saturated carbocycles. The Morgan fingerprint density at radius 2 is 1.69 bits per heavy atom. The molecule has 0 amide bonds.